The molecule has 0 unspecified atom stereocenters. The Balaban J connectivity index is 2.52. The van der Waals surface area contributed by atoms with Crippen LogP contribution in [-0.2, 0) is 0 Å². The van der Waals surface area contributed by atoms with Gasteiger partial charge in [-0.3, -0.25) is 4.79 Å². The maximum atomic E-state index is 10.9. The lowest BCUT2D eigenvalue weighted by Crippen LogP contribution is -2.10. The first-order valence-electron chi connectivity index (χ1n) is 3.69. The van der Waals surface area contributed by atoms with Crippen LogP contribution in [0.3, 0.4) is 0 Å². The highest BCUT2D eigenvalue weighted by Gasteiger charge is 2.13. The second-order valence-electron chi connectivity index (χ2n) is 2.54. The third kappa shape index (κ3) is 1.22. The maximum absolute atomic E-state index is 10.9. The number of amides is 1. The first kappa shape index (κ1) is 7.67. The summed E-state index contributed by atoms with van der Waals surface area (Å²) < 4.78 is 9.81. The molecular formula is C9H7NO3. The van der Waals surface area contributed by atoms with Crippen LogP contribution in [0, 0.1) is 0 Å². The van der Waals surface area contributed by atoms with E-state index in [9.17, 15) is 4.79 Å². The van der Waals surface area contributed by atoms with E-state index in [2.05, 4.69) is 0 Å². The maximum Gasteiger partial charge on any atom is 0.285 e. The molecule has 2 aromatic heterocycles. The highest BCUT2D eigenvalue weighted by Crippen LogP contribution is 2.24. The van der Waals surface area contributed by atoms with Gasteiger partial charge in [0.1, 0.15) is 0 Å². The van der Waals surface area contributed by atoms with Crippen LogP contribution in [0.4, 0.5) is 0 Å². The van der Waals surface area contributed by atoms with Crippen molar-refractivity contribution in [3.05, 3.63) is 36.7 Å². The van der Waals surface area contributed by atoms with Crippen molar-refractivity contribution in [3.63, 3.8) is 0 Å². The molecule has 13 heavy (non-hydrogen) atoms. The number of carbonyl (C=O) groups is 1. The molecule has 0 aliphatic carbocycles. The lowest BCUT2D eigenvalue weighted by atomic mass is 10.1. The number of furan rings is 2. The van der Waals surface area contributed by atoms with Crippen LogP contribution in [-0.4, -0.2) is 5.91 Å². The number of carbonyl (C=O) groups excluding carboxylic acids is 1. The van der Waals surface area contributed by atoms with Gasteiger partial charge < -0.3 is 14.6 Å². The first-order chi connectivity index (χ1) is 6.29. The Hall–Kier alpha value is -1.97. The van der Waals surface area contributed by atoms with Gasteiger partial charge in [0.05, 0.1) is 18.8 Å². The molecule has 0 atom stereocenters. The van der Waals surface area contributed by atoms with E-state index in [4.69, 9.17) is 14.6 Å². The smallest absolute Gasteiger partial charge is 0.285 e. The SMILES string of the molecule is NC(=O)c1occc1-c1ccoc1. The van der Waals surface area contributed by atoms with E-state index in [1.807, 2.05) is 0 Å². The predicted octanol–water partition coefficient (Wildman–Crippen LogP) is 1.64. The minimum Gasteiger partial charge on any atom is -0.472 e. The van der Waals surface area contributed by atoms with Crippen LogP contribution >= 0.6 is 0 Å². The quantitative estimate of drug-likeness (QED) is 0.757. The average molecular weight is 177 g/mol. The normalized spacial score (nSPS) is 10.2. The molecular weight excluding hydrogens is 170 g/mol. The molecule has 0 saturated carbocycles. The van der Waals surface area contributed by atoms with Crippen molar-refractivity contribution in [2.75, 3.05) is 0 Å². The largest absolute Gasteiger partial charge is 0.472 e. The molecule has 2 aromatic rings. The van der Waals surface area contributed by atoms with Gasteiger partial charge in [0.2, 0.25) is 0 Å². The van der Waals surface area contributed by atoms with E-state index in [1.54, 1.807) is 12.1 Å². The van der Waals surface area contributed by atoms with Crippen molar-refractivity contribution in [1.82, 2.24) is 0 Å². The van der Waals surface area contributed by atoms with Gasteiger partial charge in [-0.05, 0) is 12.1 Å². The molecule has 4 heteroatoms. The molecule has 0 aliphatic heterocycles. The summed E-state index contributed by atoms with van der Waals surface area (Å²) in [6.07, 6.45) is 4.47. The average Bonchev–Trinajstić information content (AvgIpc) is 2.74. The van der Waals surface area contributed by atoms with Crippen molar-refractivity contribution in [2.45, 2.75) is 0 Å². The molecule has 0 saturated heterocycles. The lowest BCUT2D eigenvalue weighted by Gasteiger charge is -1.93. The summed E-state index contributed by atoms with van der Waals surface area (Å²) in [6.45, 7) is 0. The van der Waals surface area contributed by atoms with Crippen molar-refractivity contribution < 1.29 is 13.6 Å². The van der Waals surface area contributed by atoms with Gasteiger partial charge >= 0.3 is 0 Å². The monoisotopic (exact) mass is 177 g/mol. The molecule has 0 radical (unpaired) electrons. The van der Waals surface area contributed by atoms with Gasteiger partial charge in [-0.25, -0.2) is 0 Å². The van der Waals surface area contributed by atoms with Gasteiger partial charge in [0.25, 0.3) is 5.91 Å². The standard InChI is InChI=1S/C9H7NO3/c10-9(11)8-7(2-4-13-8)6-1-3-12-5-6/h1-5H,(H2,10,11). The van der Waals surface area contributed by atoms with Gasteiger partial charge in [0.15, 0.2) is 5.76 Å². The van der Waals surface area contributed by atoms with Crippen molar-refractivity contribution >= 4 is 5.91 Å². The molecule has 2 rings (SSSR count). The van der Waals surface area contributed by atoms with E-state index in [1.165, 1.54) is 18.8 Å². The van der Waals surface area contributed by atoms with Gasteiger partial charge in [-0.1, -0.05) is 0 Å². The second kappa shape index (κ2) is 2.82. The summed E-state index contributed by atoms with van der Waals surface area (Å²) in [7, 11) is 0. The van der Waals surface area contributed by atoms with Gasteiger partial charge in [-0.2, -0.15) is 0 Å². The first-order valence-corrected chi connectivity index (χ1v) is 3.69. The summed E-state index contributed by atoms with van der Waals surface area (Å²) in [6, 6.07) is 3.40. The fourth-order valence-corrected chi connectivity index (χ4v) is 1.15. The van der Waals surface area contributed by atoms with E-state index in [0.29, 0.717) is 5.56 Å². The number of rotatable bonds is 2. The van der Waals surface area contributed by atoms with E-state index >= 15 is 0 Å². The summed E-state index contributed by atoms with van der Waals surface area (Å²) in [5.41, 5.74) is 6.54. The Morgan fingerprint density at radius 1 is 1.31 bits per heavy atom. The van der Waals surface area contributed by atoms with Crippen molar-refractivity contribution in [3.8, 4) is 11.1 Å². The zero-order valence-corrected chi connectivity index (χ0v) is 6.69. The van der Waals surface area contributed by atoms with E-state index < -0.39 is 5.91 Å². The van der Waals surface area contributed by atoms with Gasteiger partial charge in [0, 0.05) is 11.1 Å². The third-order valence-corrected chi connectivity index (χ3v) is 1.72. The molecule has 2 N–H and O–H groups in total. The molecule has 4 nitrogen and oxygen atoms in total. The van der Waals surface area contributed by atoms with Crippen LogP contribution in [0.1, 0.15) is 10.6 Å². The highest BCUT2D eigenvalue weighted by molar-refractivity contribution is 5.96. The Morgan fingerprint density at radius 2 is 2.15 bits per heavy atom. The Bertz CT molecular complexity index is 414. The number of hydrogen-bond donors (Lipinski definition) is 1. The molecule has 0 spiro atoms. The topological polar surface area (TPSA) is 69.4 Å². The summed E-state index contributed by atoms with van der Waals surface area (Å²) in [4.78, 5) is 10.9. The van der Waals surface area contributed by atoms with Crippen molar-refractivity contribution in [2.24, 2.45) is 5.73 Å². The fraction of sp³-hybridized carbons (Fsp3) is 0. The van der Waals surface area contributed by atoms with Crippen molar-refractivity contribution in [1.29, 1.82) is 0 Å². The number of primary amides is 1. The van der Waals surface area contributed by atoms with Gasteiger partial charge in [-0.15, -0.1) is 0 Å². The van der Waals surface area contributed by atoms with E-state index in [-0.39, 0.29) is 5.76 Å². The van der Waals surface area contributed by atoms with Crippen LogP contribution in [0.25, 0.3) is 11.1 Å². The zero-order valence-electron chi connectivity index (χ0n) is 6.69. The second-order valence-corrected chi connectivity index (χ2v) is 2.54. The van der Waals surface area contributed by atoms with Crippen LogP contribution < -0.4 is 5.73 Å². The predicted molar refractivity (Wildman–Crippen MR) is 44.9 cm³/mol. The fourth-order valence-electron chi connectivity index (χ4n) is 1.15. The molecule has 0 aliphatic rings. The highest BCUT2D eigenvalue weighted by atomic mass is 16.3. The third-order valence-electron chi connectivity index (χ3n) is 1.72. The lowest BCUT2D eigenvalue weighted by molar-refractivity contribution is 0.0975. The molecule has 0 aromatic carbocycles. The Labute approximate surface area is 73.9 Å². The number of hydrogen-bond acceptors (Lipinski definition) is 3. The molecule has 66 valence electrons. The molecule has 2 heterocycles. The summed E-state index contributed by atoms with van der Waals surface area (Å²) >= 11 is 0. The minimum atomic E-state index is -0.582. The number of nitrogens with two attached hydrogens (primary N) is 1. The molecule has 1 amide bonds. The minimum absolute atomic E-state index is 0.154. The summed E-state index contributed by atoms with van der Waals surface area (Å²) in [5, 5.41) is 0. The van der Waals surface area contributed by atoms with E-state index in [0.717, 1.165) is 5.56 Å². The van der Waals surface area contributed by atoms with Crippen LogP contribution in [0.5, 0.6) is 0 Å². The summed E-state index contributed by atoms with van der Waals surface area (Å²) in [5.74, 6) is -0.428. The Morgan fingerprint density at radius 3 is 2.77 bits per heavy atom. The Kier molecular flexibility index (Phi) is 1.66. The van der Waals surface area contributed by atoms with Crippen LogP contribution in [0.15, 0.2) is 39.8 Å². The molecule has 0 bridgehead atoms. The van der Waals surface area contributed by atoms with Crippen LogP contribution in [0.2, 0.25) is 0 Å². The zero-order chi connectivity index (χ0) is 9.26. The molecule has 0 fully saturated rings.